The minimum Gasteiger partial charge on any atom is -0.468 e. The number of pyridine rings is 1. The Kier molecular flexibility index (Phi) is 5.23. The number of hydrogen-bond acceptors (Lipinski definition) is 5. The molecule has 1 N–H and O–H groups in total. The standard InChI is InChI=1S/C22H24N2O4/c1-21(2,3)28-20(26)22(19(25)27-4,16-9-6-5-7-10-16)13-15-14-24-17-11-8-12-23-18(15)17/h5-12,14,24H,13H2,1-4H3. The van der Waals surface area contributed by atoms with Gasteiger partial charge in [0, 0.05) is 18.8 Å². The number of methoxy groups -OCH3 is 1. The van der Waals surface area contributed by atoms with E-state index in [9.17, 15) is 9.59 Å². The van der Waals surface area contributed by atoms with Crippen molar-refractivity contribution < 1.29 is 19.1 Å². The van der Waals surface area contributed by atoms with Gasteiger partial charge in [0.15, 0.2) is 5.41 Å². The molecule has 0 amide bonds. The molecule has 0 fully saturated rings. The van der Waals surface area contributed by atoms with Crippen LogP contribution in [0.5, 0.6) is 0 Å². The molecule has 0 aliphatic heterocycles. The van der Waals surface area contributed by atoms with Crippen LogP contribution in [0.15, 0.2) is 54.9 Å². The van der Waals surface area contributed by atoms with Crippen molar-refractivity contribution in [2.24, 2.45) is 0 Å². The summed E-state index contributed by atoms with van der Waals surface area (Å²) in [4.78, 5) is 34.0. The summed E-state index contributed by atoms with van der Waals surface area (Å²) in [7, 11) is 1.28. The maximum absolute atomic E-state index is 13.4. The minimum atomic E-state index is -1.64. The molecule has 1 unspecified atom stereocenters. The average Bonchev–Trinajstić information content (AvgIpc) is 3.07. The monoisotopic (exact) mass is 380 g/mol. The van der Waals surface area contributed by atoms with E-state index in [0.717, 1.165) is 11.1 Å². The Morgan fingerprint density at radius 2 is 1.75 bits per heavy atom. The Hall–Kier alpha value is -3.15. The molecule has 0 bridgehead atoms. The summed E-state index contributed by atoms with van der Waals surface area (Å²) in [6.07, 6.45) is 3.51. The normalized spacial score (nSPS) is 13.7. The largest absolute Gasteiger partial charge is 0.468 e. The van der Waals surface area contributed by atoms with Crippen LogP contribution in [0.2, 0.25) is 0 Å². The number of nitrogens with zero attached hydrogens (tertiary/aromatic N) is 1. The van der Waals surface area contributed by atoms with Crippen molar-refractivity contribution in [2.45, 2.75) is 38.2 Å². The molecule has 3 aromatic rings. The number of hydrogen-bond donors (Lipinski definition) is 1. The highest BCUT2D eigenvalue weighted by Crippen LogP contribution is 2.35. The number of carbonyl (C=O) groups excluding carboxylic acids is 2. The maximum Gasteiger partial charge on any atom is 0.328 e. The summed E-state index contributed by atoms with van der Waals surface area (Å²) >= 11 is 0. The lowest BCUT2D eigenvalue weighted by atomic mass is 9.75. The minimum absolute atomic E-state index is 0.0651. The number of ether oxygens (including phenoxy) is 2. The molecule has 0 radical (unpaired) electrons. The molecular formula is C22H24N2O4. The van der Waals surface area contributed by atoms with Gasteiger partial charge in [0.1, 0.15) is 5.60 Å². The van der Waals surface area contributed by atoms with Crippen LogP contribution in [-0.2, 0) is 30.9 Å². The van der Waals surface area contributed by atoms with E-state index in [1.807, 2.05) is 18.2 Å². The van der Waals surface area contributed by atoms with Gasteiger partial charge in [-0.3, -0.25) is 14.6 Å². The number of rotatable bonds is 5. The lowest BCUT2D eigenvalue weighted by molar-refractivity contribution is -0.171. The van der Waals surface area contributed by atoms with E-state index in [4.69, 9.17) is 9.47 Å². The fourth-order valence-electron chi connectivity index (χ4n) is 3.26. The SMILES string of the molecule is COC(=O)C(Cc1c[nH]c2cccnc12)(C(=O)OC(C)(C)C)c1ccccc1. The molecule has 0 aliphatic carbocycles. The van der Waals surface area contributed by atoms with E-state index in [2.05, 4.69) is 9.97 Å². The van der Waals surface area contributed by atoms with Crippen LogP contribution in [0.3, 0.4) is 0 Å². The number of aromatic amines is 1. The zero-order chi connectivity index (χ0) is 20.4. The maximum atomic E-state index is 13.4. The van der Waals surface area contributed by atoms with E-state index < -0.39 is 23.0 Å². The predicted octanol–water partition coefficient (Wildman–Crippen LogP) is 3.56. The molecule has 1 aromatic carbocycles. The van der Waals surface area contributed by atoms with Gasteiger partial charge in [-0.05, 0) is 44.0 Å². The molecule has 0 aliphatic rings. The summed E-state index contributed by atoms with van der Waals surface area (Å²) in [5, 5.41) is 0. The van der Waals surface area contributed by atoms with Crippen LogP contribution in [-0.4, -0.2) is 34.6 Å². The van der Waals surface area contributed by atoms with Gasteiger partial charge in [-0.15, -0.1) is 0 Å². The van der Waals surface area contributed by atoms with E-state index in [1.165, 1.54) is 7.11 Å². The second-order valence-electron chi connectivity index (χ2n) is 7.66. The van der Waals surface area contributed by atoms with Crippen molar-refractivity contribution in [1.82, 2.24) is 9.97 Å². The summed E-state index contributed by atoms with van der Waals surface area (Å²) in [6, 6.07) is 12.6. The van der Waals surface area contributed by atoms with Gasteiger partial charge in [0.2, 0.25) is 0 Å². The lowest BCUT2D eigenvalue weighted by Gasteiger charge is -2.32. The van der Waals surface area contributed by atoms with Crippen LogP contribution >= 0.6 is 0 Å². The van der Waals surface area contributed by atoms with Crippen LogP contribution in [0.4, 0.5) is 0 Å². The Bertz CT molecular complexity index is 988. The quantitative estimate of drug-likeness (QED) is 0.541. The van der Waals surface area contributed by atoms with E-state index in [0.29, 0.717) is 11.1 Å². The predicted molar refractivity (Wildman–Crippen MR) is 106 cm³/mol. The first-order valence-corrected chi connectivity index (χ1v) is 9.06. The number of H-pyrrole nitrogens is 1. The lowest BCUT2D eigenvalue weighted by Crippen LogP contribution is -2.49. The van der Waals surface area contributed by atoms with Gasteiger partial charge in [-0.1, -0.05) is 30.3 Å². The molecule has 6 nitrogen and oxygen atoms in total. The molecular weight excluding hydrogens is 356 g/mol. The fraction of sp³-hybridized carbons (Fsp3) is 0.318. The zero-order valence-electron chi connectivity index (χ0n) is 16.5. The Morgan fingerprint density at radius 3 is 2.39 bits per heavy atom. The highest BCUT2D eigenvalue weighted by atomic mass is 16.6. The van der Waals surface area contributed by atoms with Crippen molar-refractivity contribution in [3.05, 3.63) is 66.0 Å². The Morgan fingerprint density at radius 1 is 1.04 bits per heavy atom. The van der Waals surface area contributed by atoms with Crippen molar-refractivity contribution in [3.8, 4) is 0 Å². The van der Waals surface area contributed by atoms with Crippen molar-refractivity contribution >= 4 is 23.0 Å². The second-order valence-corrected chi connectivity index (χ2v) is 7.66. The Balaban J connectivity index is 2.19. The number of aromatic nitrogens is 2. The first kappa shape index (κ1) is 19.6. The molecule has 2 aromatic heterocycles. The van der Waals surface area contributed by atoms with E-state index in [1.54, 1.807) is 57.4 Å². The third kappa shape index (κ3) is 3.63. The highest BCUT2D eigenvalue weighted by Gasteiger charge is 2.51. The number of nitrogens with one attached hydrogen (secondary N) is 1. The van der Waals surface area contributed by atoms with Crippen LogP contribution < -0.4 is 0 Å². The molecule has 28 heavy (non-hydrogen) atoms. The van der Waals surface area contributed by atoms with Gasteiger partial charge in [-0.25, -0.2) is 0 Å². The molecule has 0 spiro atoms. The summed E-state index contributed by atoms with van der Waals surface area (Å²) in [6.45, 7) is 5.31. The van der Waals surface area contributed by atoms with E-state index >= 15 is 0 Å². The van der Waals surface area contributed by atoms with Gasteiger partial charge < -0.3 is 14.5 Å². The van der Waals surface area contributed by atoms with Gasteiger partial charge in [-0.2, -0.15) is 0 Å². The van der Waals surface area contributed by atoms with Crippen LogP contribution in [0.1, 0.15) is 31.9 Å². The molecule has 2 heterocycles. The second kappa shape index (κ2) is 7.46. The molecule has 0 saturated carbocycles. The highest BCUT2D eigenvalue weighted by molar-refractivity contribution is 6.07. The molecule has 1 atom stereocenters. The first-order chi connectivity index (χ1) is 13.3. The topological polar surface area (TPSA) is 81.3 Å². The van der Waals surface area contributed by atoms with Crippen molar-refractivity contribution in [3.63, 3.8) is 0 Å². The molecule has 6 heteroatoms. The number of carbonyl (C=O) groups is 2. The summed E-state index contributed by atoms with van der Waals surface area (Å²) in [5.41, 5.74) is 0.375. The number of esters is 2. The number of fused-ring (bicyclic) bond motifs is 1. The third-order valence-corrected chi connectivity index (χ3v) is 4.52. The van der Waals surface area contributed by atoms with E-state index in [-0.39, 0.29) is 6.42 Å². The fourth-order valence-corrected chi connectivity index (χ4v) is 3.26. The smallest absolute Gasteiger partial charge is 0.328 e. The first-order valence-electron chi connectivity index (χ1n) is 9.06. The average molecular weight is 380 g/mol. The number of benzene rings is 1. The van der Waals surface area contributed by atoms with Crippen molar-refractivity contribution in [2.75, 3.05) is 7.11 Å². The van der Waals surface area contributed by atoms with Crippen molar-refractivity contribution in [1.29, 1.82) is 0 Å². The molecule has 0 saturated heterocycles. The third-order valence-electron chi connectivity index (χ3n) is 4.52. The van der Waals surface area contributed by atoms with Crippen LogP contribution in [0.25, 0.3) is 11.0 Å². The zero-order valence-corrected chi connectivity index (χ0v) is 16.5. The summed E-state index contributed by atoms with van der Waals surface area (Å²) < 4.78 is 10.8. The molecule has 3 rings (SSSR count). The van der Waals surface area contributed by atoms with Gasteiger partial charge in [0.05, 0.1) is 18.1 Å². The Labute approximate surface area is 163 Å². The molecule has 146 valence electrons. The summed E-state index contributed by atoms with van der Waals surface area (Å²) in [5.74, 6) is -1.32. The van der Waals surface area contributed by atoms with Gasteiger partial charge in [0.25, 0.3) is 0 Å². The van der Waals surface area contributed by atoms with Gasteiger partial charge >= 0.3 is 11.9 Å². The van der Waals surface area contributed by atoms with Crippen LogP contribution in [0, 0.1) is 0 Å².